The number of halogens is 1. The smallest absolute Gasteiger partial charge is 0.220 e. The molecule has 1 atom stereocenters. The van der Waals surface area contributed by atoms with E-state index in [9.17, 15) is 9.18 Å². The van der Waals surface area contributed by atoms with Crippen molar-refractivity contribution < 1.29 is 9.18 Å². The molecule has 3 aromatic rings. The lowest BCUT2D eigenvalue weighted by molar-refractivity contribution is -0.121. The van der Waals surface area contributed by atoms with Gasteiger partial charge >= 0.3 is 0 Å². The SMILES string of the molecule is CN(C)CCNC(=O)CC(c1cccc(F)c1)c1cn(C)c2ccccc12. The Kier molecular flexibility index (Phi) is 5.91. The normalized spacial score (nSPS) is 12.5. The molecule has 0 spiro atoms. The Hall–Kier alpha value is -2.66. The molecule has 1 aromatic heterocycles. The van der Waals surface area contributed by atoms with Crippen LogP contribution in [0.15, 0.2) is 54.7 Å². The van der Waals surface area contributed by atoms with E-state index in [2.05, 4.69) is 22.0 Å². The zero-order chi connectivity index (χ0) is 19.4. The number of carbonyl (C=O) groups excluding carboxylic acids is 1. The Labute approximate surface area is 159 Å². The van der Waals surface area contributed by atoms with Crippen molar-refractivity contribution in [2.45, 2.75) is 12.3 Å². The number of nitrogens with zero attached hydrogens (tertiary/aromatic N) is 2. The van der Waals surface area contributed by atoms with Crippen molar-refractivity contribution in [2.75, 3.05) is 27.2 Å². The van der Waals surface area contributed by atoms with Crippen molar-refractivity contribution in [3.05, 3.63) is 71.7 Å². The summed E-state index contributed by atoms with van der Waals surface area (Å²) in [5.41, 5.74) is 2.96. The topological polar surface area (TPSA) is 37.3 Å². The fourth-order valence-electron chi connectivity index (χ4n) is 3.46. The minimum atomic E-state index is -0.286. The van der Waals surface area contributed by atoms with E-state index in [-0.39, 0.29) is 24.1 Å². The van der Waals surface area contributed by atoms with Crippen molar-refractivity contribution in [2.24, 2.45) is 7.05 Å². The van der Waals surface area contributed by atoms with Crippen LogP contribution in [0.3, 0.4) is 0 Å². The molecule has 0 aliphatic rings. The van der Waals surface area contributed by atoms with Crippen molar-refractivity contribution in [1.29, 1.82) is 0 Å². The number of aryl methyl sites for hydroxylation is 1. The van der Waals surface area contributed by atoms with Gasteiger partial charge in [0, 0.05) is 49.6 Å². The summed E-state index contributed by atoms with van der Waals surface area (Å²) in [7, 11) is 5.93. The summed E-state index contributed by atoms with van der Waals surface area (Å²) in [6.45, 7) is 1.38. The minimum absolute atomic E-state index is 0.0287. The van der Waals surface area contributed by atoms with Gasteiger partial charge in [0.2, 0.25) is 5.91 Å². The second-order valence-electron chi connectivity index (χ2n) is 7.18. The van der Waals surface area contributed by atoms with Crippen LogP contribution in [-0.4, -0.2) is 42.6 Å². The summed E-state index contributed by atoms with van der Waals surface area (Å²) in [5, 5.41) is 4.07. The Morgan fingerprint density at radius 1 is 1.19 bits per heavy atom. The molecule has 2 aromatic carbocycles. The van der Waals surface area contributed by atoms with E-state index in [4.69, 9.17) is 0 Å². The van der Waals surface area contributed by atoms with Crippen LogP contribution in [0.5, 0.6) is 0 Å². The zero-order valence-electron chi connectivity index (χ0n) is 16.1. The molecule has 1 N–H and O–H groups in total. The highest BCUT2D eigenvalue weighted by Gasteiger charge is 2.22. The highest BCUT2D eigenvalue weighted by Crippen LogP contribution is 2.34. The maximum atomic E-state index is 13.9. The van der Waals surface area contributed by atoms with Gasteiger partial charge in [0.05, 0.1) is 0 Å². The molecule has 0 saturated heterocycles. The van der Waals surface area contributed by atoms with Crippen molar-refractivity contribution >= 4 is 16.8 Å². The second-order valence-corrected chi connectivity index (χ2v) is 7.18. The molecule has 0 aliphatic carbocycles. The lowest BCUT2D eigenvalue weighted by Crippen LogP contribution is -2.32. The average Bonchev–Trinajstić information content (AvgIpc) is 2.96. The lowest BCUT2D eigenvalue weighted by Gasteiger charge is -2.18. The van der Waals surface area contributed by atoms with Crippen molar-refractivity contribution in [1.82, 2.24) is 14.8 Å². The number of hydrogen-bond acceptors (Lipinski definition) is 2. The van der Waals surface area contributed by atoms with Crippen LogP contribution >= 0.6 is 0 Å². The number of fused-ring (bicyclic) bond motifs is 1. The van der Waals surface area contributed by atoms with Crippen LogP contribution in [0.2, 0.25) is 0 Å². The van der Waals surface area contributed by atoms with E-state index in [1.165, 1.54) is 12.1 Å². The molecular weight excluding hydrogens is 341 g/mol. The molecule has 27 heavy (non-hydrogen) atoms. The first-order valence-electron chi connectivity index (χ1n) is 9.16. The fourth-order valence-corrected chi connectivity index (χ4v) is 3.46. The van der Waals surface area contributed by atoms with Crippen LogP contribution < -0.4 is 5.32 Å². The summed E-state index contributed by atoms with van der Waals surface area (Å²) < 4.78 is 15.9. The van der Waals surface area contributed by atoms with E-state index >= 15 is 0 Å². The Morgan fingerprint density at radius 2 is 1.96 bits per heavy atom. The highest BCUT2D eigenvalue weighted by molar-refractivity contribution is 5.86. The van der Waals surface area contributed by atoms with Crippen LogP contribution in [0.4, 0.5) is 4.39 Å². The number of nitrogens with one attached hydrogen (secondary N) is 1. The molecule has 0 bridgehead atoms. The lowest BCUT2D eigenvalue weighted by atomic mass is 9.88. The predicted octanol–water partition coefficient (Wildman–Crippen LogP) is 3.52. The Morgan fingerprint density at radius 3 is 2.70 bits per heavy atom. The molecular formula is C22H26FN3O. The number of hydrogen-bond donors (Lipinski definition) is 1. The van der Waals surface area contributed by atoms with E-state index in [0.717, 1.165) is 28.6 Å². The van der Waals surface area contributed by atoms with Crippen LogP contribution in [0.1, 0.15) is 23.5 Å². The van der Waals surface area contributed by atoms with Gasteiger partial charge < -0.3 is 14.8 Å². The third-order valence-corrected chi connectivity index (χ3v) is 4.82. The van der Waals surface area contributed by atoms with E-state index in [0.29, 0.717) is 6.54 Å². The maximum Gasteiger partial charge on any atom is 0.220 e. The molecule has 4 nitrogen and oxygen atoms in total. The molecule has 5 heteroatoms. The van der Waals surface area contributed by atoms with Gasteiger partial charge in [0.1, 0.15) is 5.82 Å². The van der Waals surface area contributed by atoms with Crippen molar-refractivity contribution in [3.63, 3.8) is 0 Å². The molecule has 0 radical (unpaired) electrons. The van der Waals surface area contributed by atoms with Crippen LogP contribution in [-0.2, 0) is 11.8 Å². The molecule has 142 valence electrons. The second kappa shape index (κ2) is 8.35. The molecule has 0 saturated carbocycles. The summed E-state index contributed by atoms with van der Waals surface area (Å²) in [6.07, 6.45) is 2.33. The standard InChI is InChI=1S/C22H26FN3O/c1-25(2)12-11-24-22(27)14-19(16-7-6-8-17(23)13-16)20-15-26(3)21-10-5-4-9-18(20)21/h4-10,13,15,19H,11-12,14H2,1-3H3,(H,24,27). The quantitative estimate of drug-likeness (QED) is 0.694. The largest absolute Gasteiger partial charge is 0.355 e. The first-order valence-corrected chi connectivity index (χ1v) is 9.16. The van der Waals surface area contributed by atoms with Gasteiger partial charge in [-0.1, -0.05) is 30.3 Å². The molecule has 1 unspecified atom stereocenters. The van der Waals surface area contributed by atoms with Crippen LogP contribution in [0, 0.1) is 5.82 Å². The minimum Gasteiger partial charge on any atom is -0.355 e. The summed E-state index contributed by atoms with van der Waals surface area (Å²) in [4.78, 5) is 14.6. The Bertz CT molecular complexity index is 932. The van der Waals surface area contributed by atoms with E-state index in [1.807, 2.05) is 50.4 Å². The highest BCUT2D eigenvalue weighted by atomic mass is 19.1. The van der Waals surface area contributed by atoms with Crippen LogP contribution in [0.25, 0.3) is 10.9 Å². The number of aromatic nitrogens is 1. The molecule has 0 aliphatic heterocycles. The number of amides is 1. The number of benzene rings is 2. The summed E-state index contributed by atoms with van der Waals surface area (Å²) in [5.74, 6) is -0.518. The maximum absolute atomic E-state index is 13.9. The molecule has 3 rings (SSSR count). The summed E-state index contributed by atoms with van der Waals surface area (Å²) in [6, 6.07) is 14.7. The zero-order valence-corrected chi connectivity index (χ0v) is 16.1. The fraction of sp³-hybridized carbons (Fsp3) is 0.318. The van der Waals surface area contributed by atoms with Gasteiger partial charge in [-0.05, 0) is 43.4 Å². The third kappa shape index (κ3) is 4.55. The average molecular weight is 367 g/mol. The molecule has 0 fully saturated rings. The van der Waals surface area contributed by atoms with Crippen molar-refractivity contribution in [3.8, 4) is 0 Å². The Balaban J connectivity index is 1.94. The van der Waals surface area contributed by atoms with Gasteiger partial charge in [-0.3, -0.25) is 4.79 Å². The van der Waals surface area contributed by atoms with Gasteiger partial charge in [-0.15, -0.1) is 0 Å². The van der Waals surface area contributed by atoms with Gasteiger partial charge in [-0.25, -0.2) is 4.39 Å². The first-order chi connectivity index (χ1) is 13.0. The van der Waals surface area contributed by atoms with Gasteiger partial charge in [0.15, 0.2) is 0 Å². The van der Waals surface area contributed by atoms with E-state index in [1.54, 1.807) is 6.07 Å². The van der Waals surface area contributed by atoms with Gasteiger partial charge in [-0.2, -0.15) is 0 Å². The predicted molar refractivity (Wildman–Crippen MR) is 107 cm³/mol. The number of likely N-dealkylation sites (N-methyl/N-ethyl adjacent to an activating group) is 1. The monoisotopic (exact) mass is 367 g/mol. The molecule has 1 heterocycles. The number of para-hydroxylation sites is 1. The number of rotatable bonds is 7. The summed E-state index contributed by atoms with van der Waals surface area (Å²) >= 11 is 0. The van der Waals surface area contributed by atoms with Gasteiger partial charge in [0.25, 0.3) is 0 Å². The number of carbonyl (C=O) groups is 1. The third-order valence-electron chi connectivity index (χ3n) is 4.82. The van der Waals surface area contributed by atoms with E-state index < -0.39 is 0 Å². The molecule has 1 amide bonds. The first kappa shape index (κ1) is 19.1.